The molecule has 0 amide bonds. The van der Waals surface area contributed by atoms with E-state index in [9.17, 15) is 0 Å². The Bertz CT molecular complexity index is 1170. The van der Waals surface area contributed by atoms with E-state index < -0.39 is 0 Å². The zero-order valence-corrected chi connectivity index (χ0v) is 19.7. The number of benzene rings is 2. The maximum absolute atomic E-state index is 5.98. The van der Waals surface area contributed by atoms with Crippen molar-refractivity contribution in [1.82, 2.24) is 19.7 Å². The fraction of sp³-hybridized carbons (Fsp3) is 0.227. The van der Waals surface area contributed by atoms with Gasteiger partial charge in [0.1, 0.15) is 5.01 Å². The highest BCUT2D eigenvalue weighted by Gasteiger charge is 2.14. The highest BCUT2D eigenvalue weighted by molar-refractivity contribution is 7.98. The third kappa shape index (κ3) is 4.87. The van der Waals surface area contributed by atoms with Crippen LogP contribution in [0, 0.1) is 0 Å². The standard InChI is InChI=1S/C22H21ClN4O2S2/c1-4-29-18-10-7-15(11-19(18)28-3)21-24-17(12-30-21)13-31-22-26-25-20(27(22)2)14-5-8-16(23)9-6-14/h5-12H,4,13H2,1-3H3. The van der Waals surface area contributed by atoms with Crippen LogP contribution in [0.4, 0.5) is 0 Å². The fourth-order valence-corrected chi connectivity index (χ4v) is 4.86. The van der Waals surface area contributed by atoms with E-state index in [-0.39, 0.29) is 0 Å². The number of nitrogens with zero attached hydrogens (tertiary/aromatic N) is 4. The summed E-state index contributed by atoms with van der Waals surface area (Å²) in [6, 6.07) is 13.5. The summed E-state index contributed by atoms with van der Waals surface area (Å²) in [6.07, 6.45) is 0. The van der Waals surface area contributed by atoms with Gasteiger partial charge in [-0.3, -0.25) is 0 Å². The molecule has 0 aliphatic rings. The van der Waals surface area contributed by atoms with Crippen LogP contribution in [-0.2, 0) is 12.8 Å². The SMILES string of the molecule is CCOc1ccc(-c2nc(CSc3nnc(-c4ccc(Cl)cc4)n3C)cs2)cc1OC. The summed E-state index contributed by atoms with van der Waals surface area (Å²) in [5.74, 6) is 2.95. The van der Waals surface area contributed by atoms with Gasteiger partial charge < -0.3 is 14.0 Å². The molecule has 2 aromatic carbocycles. The minimum absolute atomic E-state index is 0.593. The smallest absolute Gasteiger partial charge is 0.191 e. The molecule has 9 heteroatoms. The molecule has 0 saturated heterocycles. The molecule has 0 saturated carbocycles. The molecule has 0 bridgehead atoms. The lowest BCUT2D eigenvalue weighted by atomic mass is 10.2. The Kier molecular flexibility index (Phi) is 6.80. The van der Waals surface area contributed by atoms with Crippen LogP contribution in [0.1, 0.15) is 12.6 Å². The molecular weight excluding hydrogens is 452 g/mol. The maximum atomic E-state index is 5.98. The molecule has 0 radical (unpaired) electrons. The molecule has 4 rings (SSSR count). The number of hydrogen-bond acceptors (Lipinski definition) is 7. The second-order valence-electron chi connectivity index (χ2n) is 6.60. The van der Waals surface area contributed by atoms with Crippen molar-refractivity contribution in [1.29, 1.82) is 0 Å². The van der Waals surface area contributed by atoms with E-state index in [2.05, 4.69) is 15.6 Å². The summed E-state index contributed by atoms with van der Waals surface area (Å²) < 4.78 is 13.0. The van der Waals surface area contributed by atoms with Crippen LogP contribution in [0.25, 0.3) is 22.0 Å². The average Bonchev–Trinajstić information content (AvgIpc) is 3.40. The molecule has 0 spiro atoms. The normalized spacial score (nSPS) is 11.0. The second kappa shape index (κ2) is 9.72. The predicted molar refractivity (Wildman–Crippen MR) is 126 cm³/mol. The Hall–Kier alpha value is -2.55. The summed E-state index contributed by atoms with van der Waals surface area (Å²) in [5, 5.41) is 13.2. The quantitative estimate of drug-likeness (QED) is 0.295. The number of hydrogen-bond donors (Lipinski definition) is 0. The minimum Gasteiger partial charge on any atom is -0.493 e. The van der Waals surface area contributed by atoms with Crippen LogP contribution < -0.4 is 9.47 Å². The van der Waals surface area contributed by atoms with Gasteiger partial charge in [0.25, 0.3) is 0 Å². The van der Waals surface area contributed by atoms with E-state index in [0.29, 0.717) is 23.1 Å². The predicted octanol–water partition coefficient (Wildman–Crippen LogP) is 5.96. The van der Waals surface area contributed by atoms with Gasteiger partial charge in [-0.15, -0.1) is 21.5 Å². The number of thiazole rings is 1. The molecule has 0 aliphatic heterocycles. The van der Waals surface area contributed by atoms with Gasteiger partial charge in [-0.2, -0.15) is 0 Å². The lowest BCUT2D eigenvalue weighted by Gasteiger charge is -2.09. The van der Waals surface area contributed by atoms with Crippen LogP contribution >= 0.6 is 34.7 Å². The summed E-state index contributed by atoms with van der Waals surface area (Å²) in [5.41, 5.74) is 2.98. The van der Waals surface area contributed by atoms with Crippen molar-refractivity contribution >= 4 is 34.7 Å². The van der Waals surface area contributed by atoms with Crippen molar-refractivity contribution in [2.75, 3.05) is 13.7 Å². The Labute approximate surface area is 194 Å². The van der Waals surface area contributed by atoms with Crippen molar-refractivity contribution in [3.63, 3.8) is 0 Å². The van der Waals surface area contributed by atoms with Crippen LogP contribution in [0.15, 0.2) is 53.0 Å². The average molecular weight is 473 g/mol. The Morgan fingerprint density at radius 1 is 1.06 bits per heavy atom. The maximum Gasteiger partial charge on any atom is 0.191 e. The van der Waals surface area contributed by atoms with Gasteiger partial charge in [-0.25, -0.2) is 4.98 Å². The summed E-state index contributed by atoms with van der Waals surface area (Å²) in [6.45, 7) is 2.55. The van der Waals surface area contributed by atoms with Crippen molar-refractivity contribution in [2.45, 2.75) is 17.8 Å². The van der Waals surface area contributed by atoms with E-state index >= 15 is 0 Å². The molecule has 31 heavy (non-hydrogen) atoms. The molecule has 4 aromatic rings. The van der Waals surface area contributed by atoms with Crippen LogP contribution in [0.5, 0.6) is 11.5 Å². The number of ether oxygens (including phenoxy) is 2. The number of halogens is 1. The molecule has 0 atom stereocenters. The Morgan fingerprint density at radius 2 is 1.84 bits per heavy atom. The molecule has 0 fully saturated rings. The zero-order valence-electron chi connectivity index (χ0n) is 17.3. The van der Waals surface area contributed by atoms with Gasteiger partial charge in [0.15, 0.2) is 22.5 Å². The van der Waals surface area contributed by atoms with E-state index in [0.717, 1.165) is 38.6 Å². The van der Waals surface area contributed by atoms with Crippen LogP contribution in [0.2, 0.25) is 5.02 Å². The van der Waals surface area contributed by atoms with Gasteiger partial charge in [-0.05, 0) is 49.4 Å². The van der Waals surface area contributed by atoms with E-state index in [1.54, 1.807) is 30.2 Å². The highest BCUT2D eigenvalue weighted by atomic mass is 35.5. The van der Waals surface area contributed by atoms with Crippen molar-refractivity contribution in [2.24, 2.45) is 7.05 Å². The van der Waals surface area contributed by atoms with Gasteiger partial charge in [-0.1, -0.05) is 23.4 Å². The van der Waals surface area contributed by atoms with Crippen LogP contribution in [-0.4, -0.2) is 33.5 Å². The number of methoxy groups -OCH3 is 1. The number of thioether (sulfide) groups is 1. The lowest BCUT2D eigenvalue weighted by molar-refractivity contribution is 0.311. The third-order valence-corrected chi connectivity index (χ3v) is 6.79. The third-order valence-electron chi connectivity index (χ3n) is 4.55. The number of aromatic nitrogens is 4. The van der Waals surface area contributed by atoms with Gasteiger partial charge in [0, 0.05) is 34.3 Å². The highest BCUT2D eigenvalue weighted by Crippen LogP contribution is 2.34. The first-order valence-electron chi connectivity index (χ1n) is 9.62. The van der Waals surface area contributed by atoms with E-state index in [1.807, 2.05) is 61.0 Å². The van der Waals surface area contributed by atoms with Crippen molar-refractivity contribution in [3.8, 4) is 33.5 Å². The van der Waals surface area contributed by atoms with E-state index in [4.69, 9.17) is 26.1 Å². The lowest BCUT2D eigenvalue weighted by Crippen LogP contribution is -1.95. The van der Waals surface area contributed by atoms with E-state index in [1.165, 1.54) is 0 Å². The molecular formula is C22H21ClN4O2S2. The fourth-order valence-electron chi connectivity index (χ4n) is 3.01. The topological polar surface area (TPSA) is 62.1 Å². The summed E-state index contributed by atoms with van der Waals surface area (Å²) in [4.78, 5) is 4.78. The molecule has 2 heterocycles. The first kappa shape index (κ1) is 21.7. The molecule has 2 aromatic heterocycles. The first-order chi connectivity index (χ1) is 15.1. The zero-order chi connectivity index (χ0) is 21.8. The monoisotopic (exact) mass is 472 g/mol. The van der Waals surface area contributed by atoms with Gasteiger partial charge >= 0.3 is 0 Å². The van der Waals surface area contributed by atoms with Crippen molar-refractivity contribution < 1.29 is 9.47 Å². The Morgan fingerprint density at radius 3 is 2.58 bits per heavy atom. The largest absolute Gasteiger partial charge is 0.493 e. The summed E-state index contributed by atoms with van der Waals surface area (Å²) >= 11 is 9.19. The summed E-state index contributed by atoms with van der Waals surface area (Å²) in [7, 11) is 3.61. The molecule has 6 nitrogen and oxygen atoms in total. The minimum atomic E-state index is 0.593. The first-order valence-corrected chi connectivity index (χ1v) is 11.9. The van der Waals surface area contributed by atoms with Crippen molar-refractivity contribution in [3.05, 3.63) is 58.6 Å². The molecule has 0 N–H and O–H groups in total. The van der Waals surface area contributed by atoms with Gasteiger partial charge in [0.05, 0.1) is 19.4 Å². The molecule has 160 valence electrons. The Balaban J connectivity index is 1.46. The molecule has 0 aliphatic carbocycles. The number of rotatable bonds is 8. The second-order valence-corrected chi connectivity index (χ2v) is 8.84. The van der Waals surface area contributed by atoms with Crippen LogP contribution in [0.3, 0.4) is 0 Å². The molecule has 0 unspecified atom stereocenters. The van der Waals surface area contributed by atoms with Gasteiger partial charge in [0.2, 0.25) is 0 Å².